The van der Waals surface area contributed by atoms with Crippen molar-refractivity contribution in [3.8, 4) is 0 Å². The second-order valence-electron chi connectivity index (χ2n) is 2.68. The number of rotatable bonds is 2. The van der Waals surface area contributed by atoms with Gasteiger partial charge in [0.2, 0.25) is 0 Å². The Balaban J connectivity index is 0. The summed E-state index contributed by atoms with van der Waals surface area (Å²) in [6, 6.07) is 0. The molecule has 1 nitrogen and oxygen atoms in total. The summed E-state index contributed by atoms with van der Waals surface area (Å²) in [5.74, 6) is 0. The van der Waals surface area contributed by atoms with Crippen LogP contribution in [0.25, 0.3) is 0 Å². The van der Waals surface area contributed by atoms with Crippen LogP contribution >= 0.6 is 11.8 Å². The molecule has 0 aromatic heterocycles. The first-order valence-corrected chi connectivity index (χ1v) is 6.20. The molecule has 1 rings (SSSR count). The van der Waals surface area contributed by atoms with Crippen LogP contribution in [-0.4, -0.2) is 30.8 Å². The van der Waals surface area contributed by atoms with Crippen molar-refractivity contribution in [3.63, 3.8) is 0 Å². The van der Waals surface area contributed by atoms with Crippen LogP contribution in [0.3, 0.4) is 0 Å². The van der Waals surface area contributed by atoms with Crippen LogP contribution in [-0.2, 0) is 0 Å². The maximum Gasteiger partial charge on any atom is 0 e. The molecule has 1 heterocycles. The van der Waals surface area contributed by atoms with E-state index in [2.05, 4.69) is 18.1 Å². The van der Waals surface area contributed by atoms with Crippen molar-refractivity contribution in [2.75, 3.05) is 25.9 Å². The third-order valence-corrected chi connectivity index (χ3v) is 3.14. The molecule has 1 saturated heterocycles. The molecular formula is C10H22HoNS-. The van der Waals surface area contributed by atoms with Crippen LogP contribution in [0.4, 0.5) is 0 Å². The van der Waals surface area contributed by atoms with E-state index in [0.717, 1.165) is 0 Å². The quantitative estimate of drug-likeness (QED) is 0.555. The fourth-order valence-corrected chi connectivity index (χ4v) is 1.91. The molecule has 0 aliphatic carbocycles. The Bertz CT molecular complexity index is 80.9. The van der Waals surface area contributed by atoms with E-state index >= 15 is 0 Å². The van der Waals surface area contributed by atoms with Gasteiger partial charge < -0.3 is 16.7 Å². The molecule has 1 aliphatic rings. The smallest absolute Gasteiger partial charge is 0 e. The van der Waals surface area contributed by atoms with Crippen LogP contribution in [0.15, 0.2) is 0 Å². The van der Waals surface area contributed by atoms with Crippen molar-refractivity contribution in [2.24, 2.45) is 0 Å². The van der Waals surface area contributed by atoms with Gasteiger partial charge in [0.25, 0.3) is 0 Å². The zero-order valence-electron chi connectivity index (χ0n) is 9.19. The van der Waals surface area contributed by atoms with E-state index in [1.807, 2.05) is 25.6 Å². The molecular weight excluding hydrogens is 331 g/mol. The Labute approximate surface area is 118 Å². The molecule has 0 saturated carbocycles. The van der Waals surface area contributed by atoms with E-state index in [1.165, 1.54) is 32.5 Å². The van der Waals surface area contributed by atoms with Gasteiger partial charge in [-0.2, -0.15) is 12.8 Å². The van der Waals surface area contributed by atoms with Gasteiger partial charge in [-0.05, 0) is 25.9 Å². The molecule has 0 amide bonds. The van der Waals surface area contributed by atoms with Crippen LogP contribution in [0, 0.1) is 43.0 Å². The van der Waals surface area contributed by atoms with Gasteiger partial charge in [-0.1, -0.05) is 20.8 Å². The molecule has 0 aromatic carbocycles. The van der Waals surface area contributed by atoms with E-state index in [1.54, 1.807) is 5.25 Å². The predicted octanol–water partition coefficient (Wildman–Crippen LogP) is 3.02. The van der Waals surface area contributed by atoms with Gasteiger partial charge in [0.05, 0.1) is 0 Å². The molecule has 1 aliphatic heterocycles. The van der Waals surface area contributed by atoms with Gasteiger partial charge in [-0.3, -0.25) is 5.25 Å². The number of piperidine rings is 1. The first kappa shape index (κ1) is 17.0. The Morgan fingerprint density at radius 3 is 2.00 bits per heavy atom. The van der Waals surface area contributed by atoms with Crippen molar-refractivity contribution < 1.29 is 37.7 Å². The molecule has 13 heavy (non-hydrogen) atoms. The van der Waals surface area contributed by atoms with Crippen molar-refractivity contribution in [1.29, 1.82) is 0 Å². The fourth-order valence-electron chi connectivity index (χ4n) is 1.32. The summed E-state index contributed by atoms with van der Waals surface area (Å²) < 4.78 is 0. The summed E-state index contributed by atoms with van der Waals surface area (Å²) in [6.07, 6.45) is 4.82. The minimum absolute atomic E-state index is 0. The van der Waals surface area contributed by atoms with Crippen molar-refractivity contribution in [1.82, 2.24) is 4.90 Å². The summed E-state index contributed by atoms with van der Waals surface area (Å²) >= 11 is 1.95. The fraction of sp³-hybridized carbons (Fsp3) is 0.900. The topological polar surface area (TPSA) is 3.24 Å². The van der Waals surface area contributed by atoms with Crippen molar-refractivity contribution in [3.05, 3.63) is 5.25 Å². The van der Waals surface area contributed by atoms with Gasteiger partial charge in [0.1, 0.15) is 0 Å². The number of hydrogen-bond donors (Lipinski definition) is 0. The molecule has 0 unspecified atom stereocenters. The first-order chi connectivity index (χ1) is 5.86. The van der Waals surface area contributed by atoms with Gasteiger partial charge in [0, 0.05) is 37.7 Å². The number of nitrogens with zero attached hydrogens (tertiary/aromatic N) is 1. The number of hydrogen-bond acceptors (Lipinski definition) is 2. The summed E-state index contributed by atoms with van der Waals surface area (Å²) in [5.41, 5.74) is 0. The van der Waals surface area contributed by atoms with E-state index in [4.69, 9.17) is 0 Å². The first-order valence-electron chi connectivity index (χ1n) is 4.98. The van der Waals surface area contributed by atoms with Gasteiger partial charge >= 0.3 is 0 Å². The summed E-state index contributed by atoms with van der Waals surface area (Å²) in [6.45, 7) is 10.0. The largest absolute Gasteiger partial charge is 0.351 e. The van der Waals surface area contributed by atoms with E-state index in [9.17, 15) is 0 Å². The molecule has 1 fully saturated rings. The van der Waals surface area contributed by atoms with Crippen LogP contribution in [0.5, 0.6) is 0 Å². The van der Waals surface area contributed by atoms with Crippen LogP contribution in [0.2, 0.25) is 0 Å². The SMILES string of the molecule is CC.CCN1CC[C-](SC)CC1.[Ho]. The van der Waals surface area contributed by atoms with Gasteiger partial charge in [-0.15, -0.1) is 0 Å². The normalized spacial score (nSPS) is 18.5. The Kier molecular flexibility index (Phi) is 15.2. The average molecular weight is 353 g/mol. The number of likely N-dealkylation sites (tertiary alicyclic amines) is 1. The minimum Gasteiger partial charge on any atom is -0.351 e. The Hall–Kier alpha value is 1.57. The summed E-state index contributed by atoms with van der Waals surface area (Å²) in [7, 11) is 0. The standard InChI is InChI=1S/C8H16NS.C2H6.Ho/c1-3-9-6-4-8(10-2)5-7-9;1-2;/h3-7H2,1-2H3;1-2H3;/q-1;;. The van der Waals surface area contributed by atoms with Crippen molar-refractivity contribution in [2.45, 2.75) is 33.6 Å². The van der Waals surface area contributed by atoms with E-state index in [-0.39, 0.29) is 37.7 Å². The molecule has 0 atom stereocenters. The third kappa shape index (κ3) is 7.49. The summed E-state index contributed by atoms with van der Waals surface area (Å²) in [5, 5.41) is 1.68. The summed E-state index contributed by atoms with van der Waals surface area (Å²) in [4.78, 5) is 2.51. The van der Waals surface area contributed by atoms with Crippen LogP contribution < -0.4 is 0 Å². The minimum atomic E-state index is 0. The predicted molar refractivity (Wildman–Crippen MR) is 59.5 cm³/mol. The zero-order chi connectivity index (χ0) is 9.40. The van der Waals surface area contributed by atoms with E-state index in [0.29, 0.717) is 0 Å². The molecule has 1 radical (unpaired) electrons. The average Bonchev–Trinajstić information content (AvgIpc) is 2.21. The molecule has 0 spiro atoms. The Morgan fingerprint density at radius 1 is 1.23 bits per heavy atom. The van der Waals surface area contributed by atoms with Gasteiger partial charge in [-0.25, -0.2) is 0 Å². The second-order valence-corrected chi connectivity index (χ2v) is 3.66. The molecule has 0 aromatic rings. The second kappa shape index (κ2) is 11.6. The number of thioether (sulfide) groups is 1. The molecule has 3 heteroatoms. The molecule has 0 bridgehead atoms. The molecule has 85 valence electrons. The third-order valence-electron chi connectivity index (χ3n) is 2.15. The van der Waals surface area contributed by atoms with Gasteiger partial charge in [0.15, 0.2) is 0 Å². The van der Waals surface area contributed by atoms with Crippen molar-refractivity contribution >= 4 is 11.8 Å². The maximum atomic E-state index is 2.51. The monoisotopic (exact) mass is 353 g/mol. The zero-order valence-corrected chi connectivity index (χ0v) is 11.9. The Morgan fingerprint density at radius 2 is 1.69 bits per heavy atom. The van der Waals surface area contributed by atoms with Crippen LogP contribution in [0.1, 0.15) is 33.6 Å². The maximum absolute atomic E-state index is 2.51. The van der Waals surface area contributed by atoms with E-state index < -0.39 is 0 Å². The molecule has 0 N–H and O–H groups in total.